The molecular weight excluding hydrogens is 398 g/mol. The van der Waals surface area contributed by atoms with E-state index < -0.39 is 0 Å². The third-order valence-corrected chi connectivity index (χ3v) is 7.76. The lowest BCUT2D eigenvalue weighted by Crippen LogP contribution is -2.67. The lowest BCUT2D eigenvalue weighted by atomic mass is 9.48. The van der Waals surface area contributed by atoms with Gasteiger partial charge in [-0.2, -0.15) is 0 Å². The van der Waals surface area contributed by atoms with Gasteiger partial charge < -0.3 is 14.7 Å². The lowest BCUT2D eigenvalue weighted by molar-refractivity contribution is -0.106. The van der Waals surface area contributed by atoms with Gasteiger partial charge in [0, 0.05) is 29.8 Å². The van der Waals surface area contributed by atoms with Crippen molar-refractivity contribution in [3.05, 3.63) is 95.6 Å². The molecule has 1 saturated carbocycles. The first kappa shape index (κ1) is 19.6. The van der Waals surface area contributed by atoms with Crippen LogP contribution in [0.4, 0.5) is 4.79 Å². The van der Waals surface area contributed by atoms with Crippen molar-refractivity contribution in [3.8, 4) is 11.1 Å². The number of carbonyl (C=O) groups is 1. The molecule has 2 saturated heterocycles. The van der Waals surface area contributed by atoms with Gasteiger partial charge in [-0.15, -0.1) is 0 Å². The summed E-state index contributed by atoms with van der Waals surface area (Å²) in [5, 5.41) is 10.1. The Balaban J connectivity index is 1.21. The average molecular weight is 426 g/mol. The zero-order valence-corrected chi connectivity index (χ0v) is 18.0. The highest BCUT2D eigenvalue weighted by Gasteiger charge is 2.61. The van der Waals surface area contributed by atoms with Gasteiger partial charge in [-0.1, -0.05) is 78.9 Å². The van der Waals surface area contributed by atoms with Crippen LogP contribution >= 0.6 is 0 Å². The topological polar surface area (TPSA) is 49.8 Å². The maximum absolute atomic E-state index is 13.2. The van der Waals surface area contributed by atoms with Crippen molar-refractivity contribution >= 4 is 6.09 Å². The van der Waals surface area contributed by atoms with Crippen molar-refractivity contribution in [2.24, 2.45) is 5.41 Å². The van der Waals surface area contributed by atoms with Gasteiger partial charge in [-0.05, 0) is 40.7 Å². The standard InChI is InChI=1S/C28H27NO3/c30-19-27-15-28(16-27,20-8-2-1-3-9-20)18-29(17-27)26(31)32-14-25-23-12-6-4-10-21(23)22-11-5-7-13-24(22)25/h1-13,25,30H,14-19H2. The van der Waals surface area contributed by atoms with E-state index in [0.717, 1.165) is 12.8 Å². The number of hydrogen-bond acceptors (Lipinski definition) is 3. The molecule has 7 rings (SSSR count). The minimum atomic E-state index is -0.274. The van der Waals surface area contributed by atoms with Crippen molar-refractivity contribution in [2.75, 3.05) is 26.3 Å². The number of benzene rings is 3. The minimum Gasteiger partial charge on any atom is -0.448 e. The van der Waals surface area contributed by atoms with Crippen LogP contribution in [0.15, 0.2) is 78.9 Å². The molecule has 0 atom stereocenters. The molecule has 0 radical (unpaired) electrons. The van der Waals surface area contributed by atoms with Crippen LogP contribution in [-0.4, -0.2) is 42.4 Å². The van der Waals surface area contributed by atoms with Gasteiger partial charge in [-0.25, -0.2) is 4.79 Å². The van der Waals surface area contributed by atoms with Gasteiger partial charge in [0.1, 0.15) is 6.61 Å². The number of aliphatic hydroxyl groups excluding tert-OH is 1. The summed E-state index contributed by atoms with van der Waals surface area (Å²) in [6.45, 7) is 1.65. The van der Waals surface area contributed by atoms with Gasteiger partial charge in [0.15, 0.2) is 0 Å². The zero-order chi connectivity index (χ0) is 21.8. The Labute approximate surface area is 188 Å². The monoisotopic (exact) mass is 425 g/mol. The second-order valence-corrected chi connectivity index (χ2v) is 9.82. The third kappa shape index (κ3) is 2.90. The Morgan fingerprint density at radius 1 is 0.875 bits per heavy atom. The summed E-state index contributed by atoms with van der Waals surface area (Å²) in [4.78, 5) is 15.0. The van der Waals surface area contributed by atoms with Crippen LogP contribution in [0.3, 0.4) is 0 Å². The number of rotatable bonds is 4. The summed E-state index contributed by atoms with van der Waals surface area (Å²) < 4.78 is 5.92. The van der Waals surface area contributed by atoms with E-state index in [4.69, 9.17) is 4.74 Å². The number of hydrogen-bond donors (Lipinski definition) is 1. The maximum atomic E-state index is 13.2. The highest BCUT2D eigenvalue weighted by atomic mass is 16.6. The van der Waals surface area contributed by atoms with E-state index in [1.165, 1.54) is 27.8 Å². The zero-order valence-electron chi connectivity index (χ0n) is 18.0. The summed E-state index contributed by atoms with van der Waals surface area (Å²) in [5.41, 5.74) is 5.86. The SMILES string of the molecule is O=C(OCC1c2ccccc2-c2ccccc21)N1CC2(CO)CC(c3ccccc3)(C1)C2. The Morgan fingerprint density at radius 3 is 2.09 bits per heavy atom. The molecule has 0 unspecified atom stereocenters. The van der Waals surface area contributed by atoms with E-state index in [0.29, 0.717) is 19.7 Å². The van der Waals surface area contributed by atoms with Crippen molar-refractivity contribution in [3.63, 3.8) is 0 Å². The number of nitrogens with zero attached hydrogens (tertiary/aromatic N) is 1. The van der Waals surface area contributed by atoms with E-state index in [-0.39, 0.29) is 29.4 Å². The summed E-state index contributed by atoms with van der Waals surface area (Å²) in [6, 6.07) is 27.2. The van der Waals surface area contributed by atoms with Gasteiger partial charge in [0.05, 0.1) is 6.61 Å². The molecule has 162 valence electrons. The molecule has 4 nitrogen and oxygen atoms in total. The third-order valence-electron chi connectivity index (χ3n) is 7.76. The van der Waals surface area contributed by atoms with Gasteiger partial charge in [0.2, 0.25) is 0 Å². The first-order valence-corrected chi connectivity index (χ1v) is 11.4. The maximum Gasteiger partial charge on any atom is 0.409 e. The van der Waals surface area contributed by atoms with E-state index in [1.54, 1.807) is 0 Å². The van der Waals surface area contributed by atoms with Crippen LogP contribution in [0.5, 0.6) is 0 Å². The van der Waals surface area contributed by atoms with Gasteiger partial charge in [0.25, 0.3) is 0 Å². The summed E-state index contributed by atoms with van der Waals surface area (Å²) in [7, 11) is 0. The molecule has 2 heterocycles. The number of aliphatic hydroxyl groups is 1. The quantitative estimate of drug-likeness (QED) is 0.643. The van der Waals surface area contributed by atoms with Crippen molar-refractivity contribution < 1.29 is 14.6 Å². The molecule has 0 spiro atoms. The molecule has 3 fully saturated rings. The second kappa shape index (κ2) is 7.21. The second-order valence-electron chi connectivity index (χ2n) is 9.82. The van der Waals surface area contributed by atoms with Gasteiger partial charge in [-0.3, -0.25) is 0 Å². The largest absolute Gasteiger partial charge is 0.448 e. The number of amides is 1. The van der Waals surface area contributed by atoms with Crippen molar-refractivity contribution in [2.45, 2.75) is 24.2 Å². The smallest absolute Gasteiger partial charge is 0.409 e. The molecular formula is C28H27NO3. The Hall–Kier alpha value is -3.11. The van der Waals surface area contributed by atoms with Crippen LogP contribution in [-0.2, 0) is 10.2 Å². The predicted octanol–water partition coefficient (Wildman–Crippen LogP) is 4.96. The minimum absolute atomic E-state index is 0.0561. The normalized spacial score (nSPS) is 25.6. The number of carbonyl (C=O) groups excluding carboxylic acids is 1. The van der Waals surface area contributed by atoms with Crippen LogP contribution in [0.1, 0.15) is 35.4 Å². The van der Waals surface area contributed by atoms with Crippen LogP contribution in [0.2, 0.25) is 0 Å². The molecule has 3 aromatic rings. The summed E-state index contributed by atoms with van der Waals surface area (Å²) >= 11 is 0. The summed E-state index contributed by atoms with van der Waals surface area (Å²) in [5.74, 6) is 0.0561. The Morgan fingerprint density at radius 2 is 1.47 bits per heavy atom. The van der Waals surface area contributed by atoms with E-state index in [9.17, 15) is 9.90 Å². The van der Waals surface area contributed by atoms with Crippen LogP contribution < -0.4 is 0 Å². The van der Waals surface area contributed by atoms with Crippen LogP contribution in [0, 0.1) is 5.41 Å². The molecule has 2 aliphatic carbocycles. The molecule has 2 aliphatic heterocycles. The molecule has 32 heavy (non-hydrogen) atoms. The molecule has 1 amide bonds. The number of fused-ring (bicyclic) bond motifs is 5. The first-order valence-electron chi connectivity index (χ1n) is 11.4. The van der Waals surface area contributed by atoms with Gasteiger partial charge >= 0.3 is 6.09 Å². The lowest BCUT2D eigenvalue weighted by Gasteiger charge is -2.63. The van der Waals surface area contributed by atoms with E-state index in [2.05, 4.69) is 60.7 Å². The van der Waals surface area contributed by atoms with E-state index in [1.807, 2.05) is 23.1 Å². The highest BCUT2D eigenvalue weighted by Crippen LogP contribution is 2.59. The molecule has 4 heteroatoms. The predicted molar refractivity (Wildman–Crippen MR) is 124 cm³/mol. The average Bonchev–Trinajstić information content (AvgIpc) is 3.16. The molecule has 0 aromatic heterocycles. The Bertz CT molecular complexity index is 1120. The van der Waals surface area contributed by atoms with E-state index >= 15 is 0 Å². The number of piperidine rings is 2. The fourth-order valence-electron chi connectivity index (χ4n) is 6.50. The Kier molecular flexibility index (Phi) is 4.41. The summed E-state index contributed by atoms with van der Waals surface area (Å²) in [6.07, 6.45) is 1.57. The van der Waals surface area contributed by atoms with Crippen molar-refractivity contribution in [1.82, 2.24) is 4.90 Å². The fourth-order valence-corrected chi connectivity index (χ4v) is 6.50. The highest BCUT2D eigenvalue weighted by molar-refractivity contribution is 5.79. The molecule has 1 N–H and O–H groups in total. The van der Waals surface area contributed by atoms with Crippen molar-refractivity contribution in [1.29, 1.82) is 0 Å². The molecule has 4 aliphatic rings. The molecule has 2 bridgehead atoms. The van der Waals surface area contributed by atoms with Crippen LogP contribution in [0.25, 0.3) is 11.1 Å². The molecule has 3 aromatic carbocycles. The first-order chi connectivity index (χ1) is 15.6. The fraction of sp³-hybridized carbons (Fsp3) is 0.321. The number of ether oxygens (including phenoxy) is 1.